The van der Waals surface area contributed by atoms with Crippen LogP contribution < -0.4 is 10.2 Å². The van der Waals surface area contributed by atoms with E-state index in [-0.39, 0.29) is 17.5 Å². The van der Waals surface area contributed by atoms with Gasteiger partial charge in [0.05, 0.1) is 42.0 Å². The lowest BCUT2D eigenvalue weighted by Crippen LogP contribution is -2.38. The number of fused-ring (bicyclic) bond motifs is 2. The Morgan fingerprint density at radius 3 is 2.38 bits per heavy atom. The molecule has 1 amide bonds. The number of rotatable bonds is 4. The van der Waals surface area contributed by atoms with Crippen LogP contribution in [0.3, 0.4) is 0 Å². The highest BCUT2D eigenvalue weighted by Crippen LogP contribution is 2.48. The van der Waals surface area contributed by atoms with Gasteiger partial charge in [0.1, 0.15) is 0 Å². The van der Waals surface area contributed by atoms with Crippen LogP contribution in [-0.2, 0) is 20.5 Å². The van der Waals surface area contributed by atoms with Gasteiger partial charge in [-0.1, -0.05) is 12.2 Å². The van der Waals surface area contributed by atoms with E-state index in [1.165, 1.54) is 6.07 Å². The van der Waals surface area contributed by atoms with Crippen LogP contribution in [0.2, 0.25) is 0 Å². The molecular weight excluding hydrogens is 389 g/mol. The van der Waals surface area contributed by atoms with Crippen molar-refractivity contribution >= 4 is 23.3 Å². The average molecular weight is 410 g/mol. The highest BCUT2D eigenvalue weighted by Gasteiger charge is 2.51. The summed E-state index contributed by atoms with van der Waals surface area (Å²) in [5.41, 5.74) is -0.352. The summed E-state index contributed by atoms with van der Waals surface area (Å²) in [6.45, 7) is 1.85. The maximum Gasteiger partial charge on any atom is 0.416 e. The molecule has 156 valence electrons. The van der Waals surface area contributed by atoms with Crippen molar-refractivity contribution in [2.45, 2.75) is 12.6 Å². The van der Waals surface area contributed by atoms with Gasteiger partial charge in [0.2, 0.25) is 5.91 Å². The van der Waals surface area contributed by atoms with Crippen LogP contribution in [0.25, 0.3) is 0 Å². The minimum atomic E-state index is -4.55. The maximum atomic E-state index is 13.2. The van der Waals surface area contributed by atoms with E-state index in [0.717, 1.165) is 12.1 Å². The zero-order valence-electron chi connectivity index (χ0n) is 15.5. The van der Waals surface area contributed by atoms with Crippen LogP contribution in [0, 0.1) is 23.7 Å². The van der Waals surface area contributed by atoms with Crippen molar-refractivity contribution in [3.05, 3.63) is 35.9 Å². The Labute approximate surface area is 165 Å². The van der Waals surface area contributed by atoms with Crippen LogP contribution in [-0.4, -0.2) is 43.3 Å². The highest BCUT2D eigenvalue weighted by atomic mass is 19.4. The van der Waals surface area contributed by atoms with Gasteiger partial charge in [-0.15, -0.1) is 0 Å². The van der Waals surface area contributed by atoms with Gasteiger partial charge in [-0.25, -0.2) is 0 Å². The number of morpholine rings is 1. The second-order valence-corrected chi connectivity index (χ2v) is 7.66. The van der Waals surface area contributed by atoms with E-state index in [4.69, 9.17) is 4.74 Å². The summed E-state index contributed by atoms with van der Waals surface area (Å²) in [6, 6.07) is 3.25. The predicted molar refractivity (Wildman–Crippen MR) is 98.5 cm³/mol. The molecule has 4 atom stereocenters. The number of amides is 1. The van der Waals surface area contributed by atoms with Crippen LogP contribution >= 0.6 is 0 Å². The molecule has 9 heteroatoms. The van der Waals surface area contributed by atoms with Crippen LogP contribution in [0.15, 0.2) is 30.4 Å². The standard InChI is InChI=1S/C20H21F3N2O4/c21-20(22,23)13-3-4-15(25-5-7-29-8-6-25)14(10-13)24-18(26)16-11-1-2-12(9-11)17(16)19(27)28/h1-4,10-12,16-17H,5-9H2,(H,24,26)(H,27,28)/t11-,12+,16+,17+/m1/s1. The molecule has 0 spiro atoms. The third kappa shape index (κ3) is 3.71. The number of ether oxygens (including phenoxy) is 1. The topological polar surface area (TPSA) is 78.9 Å². The summed E-state index contributed by atoms with van der Waals surface area (Å²) < 4.78 is 45.0. The van der Waals surface area contributed by atoms with Crippen molar-refractivity contribution in [1.82, 2.24) is 0 Å². The number of allylic oxidation sites excluding steroid dienone is 2. The first kappa shape index (κ1) is 19.8. The van der Waals surface area contributed by atoms with Gasteiger partial charge in [0, 0.05) is 13.1 Å². The molecule has 2 fully saturated rings. The van der Waals surface area contributed by atoms with Gasteiger partial charge >= 0.3 is 12.1 Å². The maximum absolute atomic E-state index is 13.2. The average Bonchev–Trinajstić information content (AvgIpc) is 3.29. The van der Waals surface area contributed by atoms with Gasteiger partial charge in [-0.2, -0.15) is 13.2 Å². The van der Waals surface area contributed by atoms with Gasteiger partial charge in [-0.3, -0.25) is 9.59 Å². The minimum absolute atomic E-state index is 0.0441. The molecule has 1 saturated heterocycles. The molecule has 1 aromatic rings. The number of halogens is 3. The molecule has 2 N–H and O–H groups in total. The van der Waals surface area contributed by atoms with Crippen LogP contribution in [0.1, 0.15) is 12.0 Å². The number of anilines is 2. The third-order valence-corrected chi connectivity index (χ3v) is 5.98. The molecule has 6 nitrogen and oxygen atoms in total. The molecule has 0 radical (unpaired) electrons. The van der Waals surface area contributed by atoms with Crippen LogP contribution in [0.4, 0.5) is 24.5 Å². The summed E-state index contributed by atoms with van der Waals surface area (Å²) in [6.07, 6.45) is -0.324. The lowest BCUT2D eigenvalue weighted by atomic mass is 9.82. The lowest BCUT2D eigenvalue weighted by Gasteiger charge is -2.31. The van der Waals surface area contributed by atoms with Crippen molar-refractivity contribution in [1.29, 1.82) is 0 Å². The molecule has 29 heavy (non-hydrogen) atoms. The van der Waals surface area contributed by atoms with Crippen LogP contribution in [0.5, 0.6) is 0 Å². The Kier molecular flexibility index (Phi) is 5.02. The fourth-order valence-corrected chi connectivity index (χ4v) is 4.62. The summed E-state index contributed by atoms with van der Waals surface area (Å²) in [4.78, 5) is 26.5. The highest BCUT2D eigenvalue weighted by molar-refractivity contribution is 5.99. The molecular formula is C20H21F3N2O4. The first-order valence-electron chi connectivity index (χ1n) is 9.51. The second-order valence-electron chi connectivity index (χ2n) is 7.66. The van der Waals surface area contributed by atoms with Crippen molar-refractivity contribution in [2.24, 2.45) is 23.7 Å². The summed E-state index contributed by atoms with van der Waals surface area (Å²) in [7, 11) is 0. The number of aliphatic carboxylic acids is 1. The number of benzene rings is 1. The molecule has 2 aliphatic carbocycles. The zero-order chi connectivity index (χ0) is 20.8. The van der Waals surface area contributed by atoms with E-state index in [1.807, 2.05) is 17.1 Å². The van der Waals surface area contributed by atoms with Gasteiger partial charge in [0.25, 0.3) is 0 Å². The predicted octanol–water partition coefficient (Wildman–Crippen LogP) is 3.00. The van der Waals surface area contributed by atoms with E-state index >= 15 is 0 Å². The molecule has 1 aliphatic heterocycles. The number of carbonyl (C=O) groups excluding carboxylic acids is 1. The normalized spacial score (nSPS) is 28.6. The fraction of sp³-hybridized carbons (Fsp3) is 0.500. The van der Waals surface area contributed by atoms with Crippen molar-refractivity contribution in [2.75, 3.05) is 36.5 Å². The van der Waals surface area contributed by atoms with E-state index in [0.29, 0.717) is 38.4 Å². The molecule has 1 heterocycles. The number of hydrogen-bond donors (Lipinski definition) is 2. The van der Waals surface area contributed by atoms with Gasteiger partial charge < -0.3 is 20.1 Å². The number of alkyl halides is 3. The number of hydrogen-bond acceptors (Lipinski definition) is 4. The van der Waals surface area contributed by atoms with E-state index in [1.54, 1.807) is 0 Å². The van der Waals surface area contributed by atoms with Gasteiger partial charge in [-0.05, 0) is 36.5 Å². The fourth-order valence-electron chi connectivity index (χ4n) is 4.62. The molecule has 1 saturated carbocycles. The quantitative estimate of drug-likeness (QED) is 0.747. The monoisotopic (exact) mass is 410 g/mol. The first-order chi connectivity index (χ1) is 13.8. The summed E-state index contributed by atoms with van der Waals surface area (Å²) in [5.74, 6) is -3.69. The van der Waals surface area contributed by atoms with E-state index < -0.39 is 35.5 Å². The molecule has 0 unspecified atom stereocenters. The Balaban J connectivity index is 1.64. The van der Waals surface area contributed by atoms with E-state index in [9.17, 15) is 27.9 Å². The largest absolute Gasteiger partial charge is 0.481 e. The van der Waals surface area contributed by atoms with Crippen molar-refractivity contribution in [3.63, 3.8) is 0 Å². The van der Waals surface area contributed by atoms with Gasteiger partial charge in [0.15, 0.2) is 0 Å². The second kappa shape index (κ2) is 7.37. The van der Waals surface area contributed by atoms with E-state index in [2.05, 4.69) is 5.32 Å². The Morgan fingerprint density at radius 2 is 1.76 bits per heavy atom. The molecule has 3 aliphatic rings. The third-order valence-electron chi connectivity index (χ3n) is 5.98. The molecule has 1 aromatic carbocycles. The summed E-state index contributed by atoms with van der Waals surface area (Å²) >= 11 is 0. The Hall–Kier alpha value is -2.55. The summed E-state index contributed by atoms with van der Waals surface area (Å²) in [5, 5.41) is 12.2. The number of carboxylic acids is 1. The zero-order valence-corrected chi connectivity index (χ0v) is 15.5. The molecule has 4 rings (SSSR count). The number of nitrogens with zero attached hydrogens (tertiary/aromatic N) is 1. The van der Waals surface area contributed by atoms with Crippen molar-refractivity contribution < 1.29 is 32.6 Å². The Morgan fingerprint density at radius 1 is 1.10 bits per heavy atom. The molecule has 2 bridgehead atoms. The van der Waals surface area contributed by atoms with Crippen molar-refractivity contribution in [3.8, 4) is 0 Å². The Bertz CT molecular complexity index is 849. The SMILES string of the molecule is O=C(Nc1cc(C(F)(F)F)ccc1N1CCOCC1)[C@@H]1[C@@H](C(=O)O)[C@H]2C=C[C@@H]1C2. The smallest absolute Gasteiger partial charge is 0.416 e. The minimum Gasteiger partial charge on any atom is -0.481 e. The number of carbonyl (C=O) groups is 2. The first-order valence-corrected chi connectivity index (χ1v) is 9.51. The number of carboxylic acid groups (broad SMARTS) is 1. The lowest BCUT2D eigenvalue weighted by molar-refractivity contribution is -0.146. The molecule has 0 aromatic heterocycles. The number of nitrogens with one attached hydrogen (secondary N) is 1.